The van der Waals surface area contributed by atoms with Gasteiger partial charge in [0.15, 0.2) is 5.76 Å². The van der Waals surface area contributed by atoms with Gasteiger partial charge >= 0.3 is 0 Å². The van der Waals surface area contributed by atoms with Gasteiger partial charge in [-0.2, -0.15) is 0 Å². The second-order valence-corrected chi connectivity index (χ2v) is 6.74. The molecule has 0 atom stereocenters. The molecule has 132 valence electrons. The SMILES string of the molecule is CC1(C)C=Cc2cc(-c3oc4cc(O)cc(O)c4c(=O)c3O)ccc2O1. The van der Waals surface area contributed by atoms with E-state index in [2.05, 4.69) is 0 Å². The van der Waals surface area contributed by atoms with Gasteiger partial charge in [-0.3, -0.25) is 4.79 Å². The fourth-order valence-electron chi connectivity index (χ4n) is 2.99. The number of fused-ring (bicyclic) bond motifs is 2. The number of phenols is 2. The van der Waals surface area contributed by atoms with Crippen molar-refractivity contribution in [3.8, 4) is 34.3 Å². The summed E-state index contributed by atoms with van der Waals surface area (Å²) in [5, 5.41) is 29.6. The number of hydrogen-bond acceptors (Lipinski definition) is 6. The van der Waals surface area contributed by atoms with Crippen LogP contribution in [0.1, 0.15) is 19.4 Å². The monoisotopic (exact) mass is 352 g/mol. The molecule has 3 N–H and O–H groups in total. The molecule has 0 fully saturated rings. The van der Waals surface area contributed by atoms with Crippen LogP contribution < -0.4 is 10.2 Å². The fourth-order valence-corrected chi connectivity index (χ4v) is 2.99. The molecule has 1 aliphatic rings. The lowest BCUT2D eigenvalue weighted by Gasteiger charge is -2.28. The molecule has 4 rings (SSSR count). The average molecular weight is 352 g/mol. The third-order valence-corrected chi connectivity index (χ3v) is 4.24. The van der Waals surface area contributed by atoms with Crippen LogP contribution in [-0.2, 0) is 0 Å². The van der Waals surface area contributed by atoms with E-state index in [1.165, 1.54) is 6.07 Å². The normalized spacial score (nSPS) is 14.8. The molecule has 6 heteroatoms. The quantitative estimate of drug-likeness (QED) is 0.616. The van der Waals surface area contributed by atoms with Crippen molar-refractivity contribution in [3.05, 3.63) is 52.2 Å². The molecule has 0 spiro atoms. The molecule has 0 saturated carbocycles. The van der Waals surface area contributed by atoms with Crippen molar-refractivity contribution in [2.45, 2.75) is 19.4 Å². The summed E-state index contributed by atoms with van der Waals surface area (Å²) in [6.45, 7) is 3.88. The van der Waals surface area contributed by atoms with E-state index in [-0.39, 0.29) is 22.5 Å². The van der Waals surface area contributed by atoms with E-state index in [0.29, 0.717) is 11.3 Å². The first kappa shape index (κ1) is 16.1. The van der Waals surface area contributed by atoms with Crippen molar-refractivity contribution >= 4 is 17.0 Å². The Morgan fingerprint density at radius 3 is 2.58 bits per heavy atom. The van der Waals surface area contributed by atoms with E-state index < -0.39 is 22.5 Å². The highest BCUT2D eigenvalue weighted by atomic mass is 16.5. The van der Waals surface area contributed by atoms with E-state index in [9.17, 15) is 20.1 Å². The molecular weight excluding hydrogens is 336 g/mol. The van der Waals surface area contributed by atoms with Crippen molar-refractivity contribution in [2.24, 2.45) is 0 Å². The molecule has 0 saturated heterocycles. The molecule has 26 heavy (non-hydrogen) atoms. The maximum atomic E-state index is 12.4. The van der Waals surface area contributed by atoms with E-state index in [0.717, 1.165) is 11.6 Å². The average Bonchev–Trinajstić information content (AvgIpc) is 2.56. The summed E-state index contributed by atoms with van der Waals surface area (Å²) in [4.78, 5) is 12.4. The van der Waals surface area contributed by atoms with Gasteiger partial charge in [0.1, 0.15) is 33.8 Å². The van der Waals surface area contributed by atoms with E-state index in [1.807, 2.05) is 26.0 Å². The van der Waals surface area contributed by atoms with Crippen LogP contribution in [0.4, 0.5) is 0 Å². The molecule has 0 aliphatic carbocycles. The summed E-state index contributed by atoms with van der Waals surface area (Å²) in [5.74, 6) is -0.689. The summed E-state index contributed by atoms with van der Waals surface area (Å²) >= 11 is 0. The van der Waals surface area contributed by atoms with Crippen molar-refractivity contribution < 1.29 is 24.5 Å². The smallest absolute Gasteiger partial charge is 0.238 e. The summed E-state index contributed by atoms with van der Waals surface area (Å²) in [5.41, 5.74) is 0.0374. The zero-order valence-electron chi connectivity index (χ0n) is 14.1. The molecule has 6 nitrogen and oxygen atoms in total. The van der Waals surface area contributed by atoms with Crippen LogP contribution in [0.5, 0.6) is 23.0 Å². The number of ether oxygens (including phenoxy) is 1. The largest absolute Gasteiger partial charge is 0.508 e. The van der Waals surface area contributed by atoms with Gasteiger partial charge in [0.2, 0.25) is 11.2 Å². The highest BCUT2D eigenvalue weighted by molar-refractivity contribution is 5.88. The van der Waals surface area contributed by atoms with Crippen molar-refractivity contribution in [3.63, 3.8) is 0 Å². The Kier molecular flexibility index (Phi) is 3.27. The Morgan fingerprint density at radius 1 is 1.04 bits per heavy atom. The zero-order chi connectivity index (χ0) is 18.6. The number of aromatic hydroxyl groups is 3. The molecule has 3 aromatic rings. The second-order valence-electron chi connectivity index (χ2n) is 6.74. The molecule has 2 heterocycles. The maximum Gasteiger partial charge on any atom is 0.238 e. The van der Waals surface area contributed by atoms with Crippen LogP contribution in [0.15, 0.2) is 45.6 Å². The third kappa shape index (κ3) is 2.47. The van der Waals surface area contributed by atoms with Gasteiger partial charge in [-0.1, -0.05) is 6.08 Å². The highest BCUT2D eigenvalue weighted by Gasteiger charge is 2.23. The first-order valence-electron chi connectivity index (χ1n) is 7.99. The van der Waals surface area contributed by atoms with Gasteiger partial charge in [0, 0.05) is 23.3 Å². The predicted molar refractivity (Wildman–Crippen MR) is 96.7 cm³/mol. The Balaban J connectivity index is 1.93. The van der Waals surface area contributed by atoms with Gasteiger partial charge in [-0.15, -0.1) is 0 Å². The fraction of sp³-hybridized carbons (Fsp3) is 0.150. The summed E-state index contributed by atoms with van der Waals surface area (Å²) in [7, 11) is 0. The Labute approximate surface area is 148 Å². The number of hydrogen-bond donors (Lipinski definition) is 3. The summed E-state index contributed by atoms with van der Waals surface area (Å²) < 4.78 is 11.5. The molecular formula is C20H16O6. The first-order valence-corrected chi connectivity index (χ1v) is 7.99. The van der Waals surface area contributed by atoms with E-state index in [1.54, 1.807) is 18.2 Å². The predicted octanol–water partition coefficient (Wildman–Crippen LogP) is 3.76. The van der Waals surface area contributed by atoms with Crippen LogP contribution in [0.25, 0.3) is 28.4 Å². The van der Waals surface area contributed by atoms with Crippen LogP contribution in [0.2, 0.25) is 0 Å². The van der Waals surface area contributed by atoms with Crippen molar-refractivity contribution in [1.29, 1.82) is 0 Å². The van der Waals surface area contributed by atoms with Crippen LogP contribution in [0, 0.1) is 0 Å². The molecule has 1 aromatic heterocycles. The minimum atomic E-state index is -0.774. The summed E-state index contributed by atoms with van der Waals surface area (Å²) in [6, 6.07) is 7.36. The number of benzene rings is 2. The summed E-state index contributed by atoms with van der Waals surface area (Å²) in [6.07, 6.45) is 3.81. The molecule has 2 aromatic carbocycles. The Bertz CT molecular complexity index is 1140. The van der Waals surface area contributed by atoms with Gasteiger partial charge in [0.25, 0.3) is 0 Å². The maximum absolute atomic E-state index is 12.4. The van der Waals surface area contributed by atoms with E-state index >= 15 is 0 Å². The standard InChI is InChI=1S/C20H16O6/c1-20(2)6-5-10-7-11(3-4-14(10)26-20)19-18(24)17(23)16-13(22)8-12(21)9-15(16)25-19/h3-9,21-22,24H,1-2H3. The van der Waals surface area contributed by atoms with Crippen molar-refractivity contribution in [1.82, 2.24) is 0 Å². The number of phenolic OH excluding ortho intramolecular Hbond substituents is 2. The highest BCUT2D eigenvalue weighted by Crippen LogP contribution is 2.38. The third-order valence-electron chi connectivity index (χ3n) is 4.24. The molecule has 0 radical (unpaired) electrons. The zero-order valence-corrected chi connectivity index (χ0v) is 14.1. The molecule has 0 amide bonds. The second kappa shape index (κ2) is 5.29. The minimum absolute atomic E-state index is 0.0223. The van der Waals surface area contributed by atoms with Crippen LogP contribution in [-0.4, -0.2) is 20.9 Å². The molecule has 0 bridgehead atoms. The Hall–Kier alpha value is -3.41. The van der Waals surface area contributed by atoms with Gasteiger partial charge < -0.3 is 24.5 Å². The van der Waals surface area contributed by atoms with Gasteiger partial charge in [-0.05, 0) is 38.1 Å². The lowest BCUT2D eigenvalue weighted by Crippen LogP contribution is -2.27. The van der Waals surface area contributed by atoms with E-state index in [4.69, 9.17) is 9.15 Å². The van der Waals surface area contributed by atoms with Gasteiger partial charge in [-0.25, -0.2) is 0 Å². The Morgan fingerprint density at radius 2 is 1.81 bits per heavy atom. The van der Waals surface area contributed by atoms with Crippen LogP contribution >= 0.6 is 0 Å². The van der Waals surface area contributed by atoms with Crippen molar-refractivity contribution in [2.75, 3.05) is 0 Å². The lowest BCUT2D eigenvalue weighted by atomic mass is 9.99. The first-order chi connectivity index (χ1) is 12.2. The molecule has 1 aliphatic heterocycles. The minimum Gasteiger partial charge on any atom is -0.508 e. The topological polar surface area (TPSA) is 100 Å². The lowest BCUT2D eigenvalue weighted by molar-refractivity contribution is 0.159. The van der Waals surface area contributed by atoms with Gasteiger partial charge in [0.05, 0.1) is 0 Å². The molecule has 0 unspecified atom stereocenters. The van der Waals surface area contributed by atoms with Crippen LogP contribution in [0.3, 0.4) is 0 Å². The number of rotatable bonds is 1.